The zero-order valence-electron chi connectivity index (χ0n) is 11.5. The Morgan fingerprint density at radius 2 is 2.00 bits per heavy atom. The van der Waals surface area contributed by atoms with Gasteiger partial charge in [-0.25, -0.2) is 0 Å². The van der Waals surface area contributed by atoms with Gasteiger partial charge in [-0.1, -0.05) is 36.2 Å². The SMILES string of the molecule is CCC(NCCC(=O)N(C)C)c1ccc(Cl)c(Cl)c1. The second kappa shape index (κ2) is 7.73. The van der Waals surface area contributed by atoms with Crippen LogP contribution in [0, 0.1) is 0 Å². The van der Waals surface area contributed by atoms with Crippen LogP contribution in [0.4, 0.5) is 0 Å². The molecule has 0 fully saturated rings. The number of hydrogen-bond acceptors (Lipinski definition) is 2. The summed E-state index contributed by atoms with van der Waals surface area (Å²) < 4.78 is 0. The van der Waals surface area contributed by atoms with E-state index in [1.165, 1.54) is 0 Å². The van der Waals surface area contributed by atoms with E-state index in [-0.39, 0.29) is 11.9 Å². The topological polar surface area (TPSA) is 32.3 Å². The third-order valence-electron chi connectivity index (χ3n) is 2.98. The Hall–Kier alpha value is -0.770. The molecule has 1 unspecified atom stereocenters. The lowest BCUT2D eigenvalue weighted by atomic mass is 10.0. The maximum atomic E-state index is 11.5. The molecule has 1 aromatic carbocycles. The molecule has 0 radical (unpaired) electrons. The van der Waals surface area contributed by atoms with Gasteiger partial charge >= 0.3 is 0 Å². The molecule has 1 atom stereocenters. The second-order valence-electron chi connectivity index (χ2n) is 4.63. The Kier molecular flexibility index (Phi) is 6.63. The molecule has 3 nitrogen and oxygen atoms in total. The molecule has 0 aliphatic heterocycles. The van der Waals surface area contributed by atoms with E-state index in [1.54, 1.807) is 25.1 Å². The Labute approximate surface area is 124 Å². The summed E-state index contributed by atoms with van der Waals surface area (Å²) in [6.45, 7) is 2.74. The minimum atomic E-state index is 0.122. The Morgan fingerprint density at radius 3 is 2.53 bits per heavy atom. The molecule has 0 spiro atoms. The highest BCUT2D eigenvalue weighted by Crippen LogP contribution is 2.26. The molecule has 5 heteroatoms. The molecule has 0 bridgehead atoms. The van der Waals surface area contributed by atoms with Gasteiger partial charge < -0.3 is 10.2 Å². The predicted octanol–water partition coefficient (Wildman–Crippen LogP) is 3.51. The van der Waals surface area contributed by atoms with Gasteiger partial charge in [-0.3, -0.25) is 4.79 Å². The van der Waals surface area contributed by atoms with Crippen LogP contribution >= 0.6 is 23.2 Å². The summed E-state index contributed by atoms with van der Waals surface area (Å²) in [5.41, 5.74) is 1.09. The van der Waals surface area contributed by atoms with E-state index in [1.807, 2.05) is 12.1 Å². The van der Waals surface area contributed by atoms with E-state index in [0.717, 1.165) is 12.0 Å². The third kappa shape index (κ3) is 5.01. The summed E-state index contributed by atoms with van der Waals surface area (Å²) >= 11 is 11.9. The molecule has 1 amide bonds. The fourth-order valence-corrected chi connectivity index (χ4v) is 2.11. The van der Waals surface area contributed by atoms with E-state index in [4.69, 9.17) is 23.2 Å². The predicted molar refractivity (Wildman–Crippen MR) is 80.8 cm³/mol. The monoisotopic (exact) mass is 302 g/mol. The first-order valence-electron chi connectivity index (χ1n) is 6.34. The molecule has 0 heterocycles. The molecular weight excluding hydrogens is 283 g/mol. The lowest BCUT2D eigenvalue weighted by Crippen LogP contribution is -2.28. The Bertz CT molecular complexity index is 435. The summed E-state index contributed by atoms with van der Waals surface area (Å²) in [6.07, 6.45) is 1.42. The highest BCUT2D eigenvalue weighted by Gasteiger charge is 2.11. The summed E-state index contributed by atoms with van der Waals surface area (Å²) in [5, 5.41) is 4.49. The maximum absolute atomic E-state index is 11.5. The second-order valence-corrected chi connectivity index (χ2v) is 5.44. The number of nitrogens with one attached hydrogen (secondary N) is 1. The molecular formula is C14H20Cl2N2O. The largest absolute Gasteiger partial charge is 0.349 e. The van der Waals surface area contributed by atoms with Crippen molar-refractivity contribution in [2.45, 2.75) is 25.8 Å². The average Bonchev–Trinajstić information content (AvgIpc) is 2.37. The van der Waals surface area contributed by atoms with E-state index in [0.29, 0.717) is 23.0 Å². The fourth-order valence-electron chi connectivity index (χ4n) is 1.80. The van der Waals surface area contributed by atoms with Crippen molar-refractivity contribution in [2.75, 3.05) is 20.6 Å². The van der Waals surface area contributed by atoms with Crippen molar-refractivity contribution >= 4 is 29.1 Å². The minimum Gasteiger partial charge on any atom is -0.349 e. The molecule has 19 heavy (non-hydrogen) atoms. The van der Waals surface area contributed by atoms with Gasteiger partial charge in [-0.15, -0.1) is 0 Å². The number of nitrogens with zero attached hydrogens (tertiary/aromatic N) is 1. The number of benzene rings is 1. The van der Waals surface area contributed by atoms with Crippen LogP contribution in [0.15, 0.2) is 18.2 Å². The average molecular weight is 303 g/mol. The minimum absolute atomic E-state index is 0.122. The molecule has 0 saturated carbocycles. The number of amides is 1. The first-order valence-corrected chi connectivity index (χ1v) is 7.09. The standard InChI is InChI=1S/C14H20Cl2N2O/c1-4-13(17-8-7-14(19)18(2)3)10-5-6-11(15)12(16)9-10/h5-6,9,13,17H,4,7-8H2,1-3H3. The van der Waals surface area contributed by atoms with E-state index >= 15 is 0 Å². The third-order valence-corrected chi connectivity index (χ3v) is 3.72. The molecule has 0 aromatic heterocycles. The van der Waals surface area contributed by atoms with Crippen molar-refractivity contribution in [3.05, 3.63) is 33.8 Å². The van der Waals surface area contributed by atoms with Crippen LogP contribution in [0.3, 0.4) is 0 Å². The van der Waals surface area contributed by atoms with E-state index < -0.39 is 0 Å². The van der Waals surface area contributed by atoms with Gasteiger partial charge in [0, 0.05) is 33.1 Å². The first kappa shape index (κ1) is 16.3. The summed E-state index contributed by atoms with van der Waals surface area (Å²) in [7, 11) is 3.53. The van der Waals surface area contributed by atoms with Crippen LogP contribution in [-0.2, 0) is 4.79 Å². The first-order chi connectivity index (χ1) is 8.95. The van der Waals surface area contributed by atoms with Crippen molar-refractivity contribution in [1.82, 2.24) is 10.2 Å². The van der Waals surface area contributed by atoms with Gasteiger partial charge in [0.2, 0.25) is 5.91 Å². The van der Waals surface area contributed by atoms with Crippen molar-refractivity contribution in [3.63, 3.8) is 0 Å². The van der Waals surface area contributed by atoms with Crippen molar-refractivity contribution in [2.24, 2.45) is 0 Å². The zero-order chi connectivity index (χ0) is 14.4. The molecule has 0 aliphatic rings. The quantitative estimate of drug-likeness (QED) is 0.872. The Morgan fingerprint density at radius 1 is 1.32 bits per heavy atom. The normalized spacial score (nSPS) is 12.3. The summed E-state index contributed by atoms with van der Waals surface area (Å²) in [4.78, 5) is 13.1. The van der Waals surface area contributed by atoms with Crippen LogP contribution in [0.1, 0.15) is 31.4 Å². The van der Waals surface area contributed by atoms with Crippen molar-refractivity contribution in [3.8, 4) is 0 Å². The van der Waals surface area contributed by atoms with Crippen LogP contribution in [0.5, 0.6) is 0 Å². The van der Waals surface area contributed by atoms with Crippen molar-refractivity contribution < 1.29 is 4.79 Å². The number of rotatable bonds is 6. The molecule has 1 N–H and O–H groups in total. The van der Waals surface area contributed by atoms with Crippen LogP contribution in [-0.4, -0.2) is 31.4 Å². The lowest BCUT2D eigenvalue weighted by molar-refractivity contribution is -0.128. The highest BCUT2D eigenvalue weighted by atomic mass is 35.5. The molecule has 0 saturated heterocycles. The smallest absolute Gasteiger partial charge is 0.223 e. The summed E-state index contributed by atoms with van der Waals surface area (Å²) in [6, 6.07) is 5.82. The van der Waals surface area contributed by atoms with Gasteiger partial charge in [-0.2, -0.15) is 0 Å². The van der Waals surface area contributed by atoms with Gasteiger partial charge in [0.25, 0.3) is 0 Å². The Balaban J connectivity index is 2.58. The van der Waals surface area contributed by atoms with Crippen LogP contribution < -0.4 is 5.32 Å². The lowest BCUT2D eigenvalue weighted by Gasteiger charge is -2.18. The number of halogens is 2. The van der Waals surface area contributed by atoms with Crippen molar-refractivity contribution in [1.29, 1.82) is 0 Å². The maximum Gasteiger partial charge on any atom is 0.223 e. The number of carbonyl (C=O) groups is 1. The van der Waals surface area contributed by atoms with E-state index in [9.17, 15) is 4.79 Å². The zero-order valence-corrected chi connectivity index (χ0v) is 13.1. The van der Waals surface area contributed by atoms with Gasteiger partial charge in [0.05, 0.1) is 10.0 Å². The van der Waals surface area contributed by atoms with Crippen LogP contribution in [0.2, 0.25) is 10.0 Å². The van der Waals surface area contributed by atoms with Gasteiger partial charge in [0.15, 0.2) is 0 Å². The number of carbonyl (C=O) groups excluding carboxylic acids is 1. The fraction of sp³-hybridized carbons (Fsp3) is 0.500. The van der Waals surface area contributed by atoms with Crippen LogP contribution in [0.25, 0.3) is 0 Å². The molecule has 1 rings (SSSR count). The van der Waals surface area contributed by atoms with E-state index in [2.05, 4.69) is 12.2 Å². The molecule has 106 valence electrons. The molecule has 1 aromatic rings. The molecule has 0 aliphatic carbocycles. The highest BCUT2D eigenvalue weighted by molar-refractivity contribution is 6.42. The summed E-state index contributed by atoms with van der Waals surface area (Å²) in [5.74, 6) is 0.122. The number of hydrogen-bond donors (Lipinski definition) is 1. The van der Waals surface area contributed by atoms with Gasteiger partial charge in [0.1, 0.15) is 0 Å². The van der Waals surface area contributed by atoms with Gasteiger partial charge in [-0.05, 0) is 24.1 Å².